The maximum Gasteiger partial charge on any atom is 0.269 e. The molecule has 0 aromatic carbocycles. The number of pyridine rings is 1. The van der Waals surface area contributed by atoms with Crippen molar-refractivity contribution in [2.45, 2.75) is 64.5 Å². The fourth-order valence-corrected chi connectivity index (χ4v) is 3.01. The van der Waals surface area contributed by atoms with E-state index in [0.29, 0.717) is 0 Å². The molecule has 1 aromatic heterocycles. The normalized spacial score (nSPS) is 15.5. The minimum atomic E-state index is -0.382. The Morgan fingerprint density at radius 2 is 2.05 bits per heavy atom. The third-order valence-corrected chi connectivity index (χ3v) is 4.19. The van der Waals surface area contributed by atoms with Crippen LogP contribution in [-0.2, 0) is 11.3 Å². The average molecular weight is 301 g/mol. The minimum absolute atomic E-state index is 0.0155. The molecule has 0 unspecified atom stereocenters. The van der Waals surface area contributed by atoms with Gasteiger partial charge in [-0.2, -0.15) is 5.26 Å². The van der Waals surface area contributed by atoms with Gasteiger partial charge < -0.3 is 9.88 Å². The van der Waals surface area contributed by atoms with Crippen molar-refractivity contribution in [3.63, 3.8) is 0 Å². The van der Waals surface area contributed by atoms with E-state index in [4.69, 9.17) is 5.26 Å². The van der Waals surface area contributed by atoms with Gasteiger partial charge in [-0.15, -0.1) is 0 Å². The van der Waals surface area contributed by atoms with Gasteiger partial charge in [0.2, 0.25) is 5.91 Å². The van der Waals surface area contributed by atoms with E-state index in [0.717, 1.165) is 31.4 Å². The number of carbonyl (C=O) groups excluding carboxylic acids is 1. The Morgan fingerprint density at radius 1 is 1.36 bits per heavy atom. The first-order chi connectivity index (χ1) is 10.5. The van der Waals surface area contributed by atoms with Crippen LogP contribution in [0, 0.1) is 11.3 Å². The molecule has 1 fully saturated rings. The number of nitrogens with zero attached hydrogens (tertiary/aromatic N) is 2. The highest BCUT2D eigenvalue weighted by Crippen LogP contribution is 2.17. The second-order valence-electron chi connectivity index (χ2n) is 6.23. The zero-order valence-electron chi connectivity index (χ0n) is 13.3. The van der Waals surface area contributed by atoms with Crippen LogP contribution < -0.4 is 10.9 Å². The van der Waals surface area contributed by atoms with Crippen LogP contribution in [0.25, 0.3) is 0 Å². The maximum absolute atomic E-state index is 12.3. The molecule has 1 aliphatic rings. The highest BCUT2D eigenvalue weighted by molar-refractivity contribution is 5.76. The number of hydrogen-bond acceptors (Lipinski definition) is 3. The van der Waals surface area contributed by atoms with E-state index in [1.54, 1.807) is 6.07 Å². The smallest absolute Gasteiger partial charge is 0.269 e. The molecule has 0 aliphatic heterocycles. The van der Waals surface area contributed by atoms with Crippen molar-refractivity contribution in [2.75, 3.05) is 0 Å². The number of rotatable bonds is 4. The lowest BCUT2D eigenvalue weighted by Crippen LogP contribution is -2.40. The zero-order chi connectivity index (χ0) is 16.1. The Hall–Kier alpha value is -2.09. The van der Waals surface area contributed by atoms with Crippen LogP contribution in [0.1, 0.15) is 63.1 Å². The third kappa shape index (κ3) is 3.76. The van der Waals surface area contributed by atoms with Crippen LogP contribution >= 0.6 is 0 Å². The summed E-state index contributed by atoms with van der Waals surface area (Å²) in [5.74, 6) is -0.0334. The number of hydrogen-bond donors (Lipinski definition) is 1. The predicted octanol–water partition coefficient (Wildman–Crippen LogP) is 2.29. The second kappa shape index (κ2) is 7.26. The summed E-state index contributed by atoms with van der Waals surface area (Å²) in [5, 5.41) is 12.0. The summed E-state index contributed by atoms with van der Waals surface area (Å²) in [6.07, 6.45) is 5.54. The van der Waals surface area contributed by atoms with Gasteiger partial charge in [-0.1, -0.05) is 33.1 Å². The molecular weight excluding hydrogens is 278 g/mol. The molecule has 1 amide bonds. The van der Waals surface area contributed by atoms with Crippen molar-refractivity contribution >= 4 is 5.91 Å². The van der Waals surface area contributed by atoms with Crippen LogP contribution in [0.5, 0.6) is 0 Å². The Bertz CT molecular complexity index is 634. The summed E-state index contributed by atoms with van der Waals surface area (Å²) in [4.78, 5) is 24.6. The largest absolute Gasteiger partial charge is 0.352 e. The molecule has 118 valence electrons. The van der Waals surface area contributed by atoms with Gasteiger partial charge in [-0.3, -0.25) is 9.59 Å². The van der Waals surface area contributed by atoms with Gasteiger partial charge in [0.05, 0.1) is 0 Å². The first-order valence-electron chi connectivity index (χ1n) is 7.96. The molecule has 22 heavy (non-hydrogen) atoms. The zero-order valence-corrected chi connectivity index (χ0v) is 13.3. The SMILES string of the molecule is CC(C)c1ccc(C#N)c(=O)n1CC(=O)NC1CCCCC1. The topological polar surface area (TPSA) is 74.9 Å². The molecule has 0 bridgehead atoms. The second-order valence-corrected chi connectivity index (χ2v) is 6.23. The Morgan fingerprint density at radius 3 is 2.64 bits per heavy atom. The van der Waals surface area contributed by atoms with Gasteiger partial charge in [0, 0.05) is 11.7 Å². The molecule has 5 heteroatoms. The van der Waals surface area contributed by atoms with Crippen LogP contribution in [0.3, 0.4) is 0 Å². The van der Waals surface area contributed by atoms with Crippen LogP contribution in [0.15, 0.2) is 16.9 Å². The van der Waals surface area contributed by atoms with Crippen molar-refractivity contribution in [1.82, 2.24) is 9.88 Å². The Balaban J connectivity index is 2.18. The van der Waals surface area contributed by atoms with Gasteiger partial charge in [-0.05, 0) is 30.9 Å². The number of nitriles is 1. The first-order valence-corrected chi connectivity index (χ1v) is 7.96. The maximum atomic E-state index is 12.3. The quantitative estimate of drug-likeness (QED) is 0.927. The number of carbonyl (C=O) groups is 1. The number of aromatic nitrogens is 1. The fraction of sp³-hybridized carbons (Fsp3) is 0.588. The van der Waals surface area contributed by atoms with Gasteiger partial charge in [0.25, 0.3) is 5.56 Å². The lowest BCUT2D eigenvalue weighted by molar-refractivity contribution is -0.122. The molecule has 1 aromatic rings. The summed E-state index contributed by atoms with van der Waals surface area (Å²) in [5.41, 5.74) is 0.477. The molecule has 1 heterocycles. The fourth-order valence-electron chi connectivity index (χ4n) is 3.01. The summed E-state index contributed by atoms with van der Waals surface area (Å²) in [6.45, 7) is 3.92. The summed E-state index contributed by atoms with van der Waals surface area (Å²) in [7, 11) is 0. The van der Waals surface area contributed by atoms with E-state index in [2.05, 4.69) is 5.32 Å². The third-order valence-electron chi connectivity index (χ3n) is 4.19. The summed E-state index contributed by atoms with van der Waals surface area (Å²) >= 11 is 0. The van der Waals surface area contributed by atoms with Crippen molar-refractivity contribution < 1.29 is 4.79 Å². The molecule has 1 saturated carbocycles. The van der Waals surface area contributed by atoms with Gasteiger partial charge >= 0.3 is 0 Å². The average Bonchev–Trinajstić information content (AvgIpc) is 2.50. The van der Waals surface area contributed by atoms with E-state index in [1.165, 1.54) is 17.1 Å². The molecule has 2 rings (SSSR count). The standard InChI is InChI=1S/C17H23N3O2/c1-12(2)15-9-8-13(10-18)17(22)20(15)11-16(21)19-14-6-4-3-5-7-14/h8-9,12,14H,3-7,11H2,1-2H3,(H,19,21). The highest BCUT2D eigenvalue weighted by atomic mass is 16.2. The lowest BCUT2D eigenvalue weighted by atomic mass is 9.95. The van der Waals surface area contributed by atoms with Crippen molar-refractivity contribution in [1.29, 1.82) is 5.26 Å². The monoisotopic (exact) mass is 301 g/mol. The van der Waals surface area contributed by atoms with Crippen LogP contribution in [-0.4, -0.2) is 16.5 Å². The Kier molecular flexibility index (Phi) is 5.37. The summed E-state index contributed by atoms with van der Waals surface area (Å²) < 4.78 is 1.43. The molecule has 1 N–H and O–H groups in total. The highest BCUT2D eigenvalue weighted by Gasteiger charge is 2.18. The van der Waals surface area contributed by atoms with Crippen LogP contribution in [0.4, 0.5) is 0 Å². The van der Waals surface area contributed by atoms with E-state index in [-0.39, 0.29) is 35.5 Å². The van der Waals surface area contributed by atoms with Crippen molar-refractivity contribution in [2.24, 2.45) is 0 Å². The first kappa shape index (κ1) is 16.3. The van der Waals surface area contributed by atoms with E-state index in [9.17, 15) is 9.59 Å². The summed E-state index contributed by atoms with van der Waals surface area (Å²) in [6, 6.07) is 5.41. The van der Waals surface area contributed by atoms with Crippen molar-refractivity contribution in [3.05, 3.63) is 33.7 Å². The van der Waals surface area contributed by atoms with Gasteiger partial charge in [0.15, 0.2) is 0 Å². The van der Waals surface area contributed by atoms with E-state index < -0.39 is 0 Å². The molecule has 0 saturated heterocycles. The van der Waals surface area contributed by atoms with E-state index in [1.807, 2.05) is 19.9 Å². The predicted molar refractivity (Wildman–Crippen MR) is 84.5 cm³/mol. The molecular formula is C17H23N3O2. The molecule has 0 radical (unpaired) electrons. The lowest BCUT2D eigenvalue weighted by Gasteiger charge is -2.23. The van der Waals surface area contributed by atoms with Gasteiger partial charge in [0.1, 0.15) is 18.2 Å². The molecule has 0 atom stereocenters. The Labute approximate surface area is 130 Å². The molecule has 0 spiro atoms. The van der Waals surface area contributed by atoms with Crippen molar-refractivity contribution in [3.8, 4) is 6.07 Å². The molecule has 5 nitrogen and oxygen atoms in total. The van der Waals surface area contributed by atoms with Gasteiger partial charge in [-0.25, -0.2) is 0 Å². The van der Waals surface area contributed by atoms with E-state index >= 15 is 0 Å². The molecule has 1 aliphatic carbocycles. The van der Waals surface area contributed by atoms with Crippen LogP contribution in [0.2, 0.25) is 0 Å². The minimum Gasteiger partial charge on any atom is -0.352 e. The number of amides is 1. The number of nitrogens with one attached hydrogen (secondary N) is 1.